The van der Waals surface area contributed by atoms with Crippen LogP contribution in [0.1, 0.15) is 39.5 Å². The number of amides is 2. The largest absolute Gasteiger partial charge is 0.464 e. The quantitative estimate of drug-likeness (QED) is 0.720. The van der Waals surface area contributed by atoms with Gasteiger partial charge in [0.1, 0.15) is 6.04 Å². The Morgan fingerprint density at radius 2 is 2.05 bits per heavy atom. The number of hydrogen-bond acceptors (Lipinski definition) is 4. The topological polar surface area (TPSA) is 66.9 Å². The molecule has 6 nitrogen and oxygen atoms in total. The molecular weight excluding hydrogens is 272 g/mol. The normalized spacial score (nSPS) is 26.1. The van der Waals surface area contributed by atoms with Crippen LogP contribution in [-0.4, -0.2) is 59.9 Å². The Kier molecular flexibility index (Phi) is 5.20. The lowest BCUT2D eigenvalue weighted by molar-refractivity contribution is -0.158. The molecule has 2 aliphatic rings. The average molecular weight is 296 g/mol. The van der Waals surface area contributed by atoms with Crippen molar-refractivity contribution in [3.63, 3.8) is 0 Å². The van der Waals surface area contributed by atoms with Gasteiger partial charge in [0.2, 0.25) is 11.8 Å². The molecule has 6 heteroatoms. The third-order valence-corrected chi connectivity index (χ3v) is 4.29. The fourth-order valence-corrected chi connectivity index (χ4v) is 3.16. The number of piperidine rings is 1. The number of hydrogen-bond donors (Lipinski definition) is 0. The van der Waals surface area contributed by atoms with E-state index in [1.807, 2.05) is 6.92 Å². The summed E-state index contributed by atoms with van der Waals surface area (Å²) in [7, 11) is 0. The fourth-order valence-electron chi connectivity index (χ4n) is 3.16. The zero-order chi connectivity index (χ0) is 15.4. The van der Waals surface area contributed by atoms with Crippen molar-refractivity contribution >= 4 is 17.8 Å². The van der Waals surface area contributed by atoms with Crippen molar-refractivity contribution in [2.75, 3.05) is 26.2 Å². The summed E-state index contributed by atoms with van der Waals surface area (Å²) in [6.45, 7) is 5.68. The lowest BCUT2D eigenvalue weighted by atomic mass is 9.98. The van der Waals surface area contributed by atoms with Gasteiger partial charge in [0.15, 0.2) is 0 Å². The number of carbonyl (C=O) groups excluding carboxylic acids is 3. The Bertz CT molecular complexity index is 424. The summed E-state index contributed by atoms with van der Waals surface area (Å²) < 4.78 is 5.08. The van der Waals surface area contributed by atoms with Gasteiger partial charge in [-0.25, -0.2) is 4.79 Å². The molecule has 0 spiro atoms. The number of carbonyl (C=O) groups is 3. The highest BCUT2D eigenvalue weighted by Gasteiger charge is 2.40. The number of ether oxygens (including phenoxy) is 1. The van der Waals surface area contributed by atoms with E-state index in [-0.39, 0.29) is 30.1 Å². The molecule has 2 aliphatic heterocycles. The van der Waals surface area contributed by atoms with Gasteiger partial charge < -0.3 is 14.5 Å². The molecule has 0 saturated carbocycles. The molecule has 0 bridgehead atoms. The Hall–Kier alpha value is -1.59. The summed E-state index contributed by atoms with van der Waals surface area (Å²) >= 11 is 0. The zero-order valence-electron chi connectivity index (χ0n) is 12.8. The first kappa shape index (κ1) is 15.8. The van der Waals surface area contributed by atoms with E-state index in [2.05, 4.69) is 0 Å². The smallest absolute Gasteiger partial charge is 0.328 e. The minimum absolute atomic E-state index is 0.0283. The van der Waals surface area contributed by atoms with Gasteiger partial charge in [-0.2, -0.15) is 0 Å². The molecule has 0 aromatic rings. The monoisotopic (exact) mass is 296 g/mol. The number of likely N-dealkylation sites (tertiary alicyclic amines) is 2. The second kappa shape index (κ2) is 6.91. The maximum Gasteiger partial charge on any atom is 0.328 e. The Balaban J connectivity index is 2.05. The van der Waals surface area contributed by atoms with E-state index in [4.69, 9.17) is 4.74 Å². The van der Waals surface area contributed by atoms with Crippen LogP contribution in [0.15, 0.2) is 0 Å². The molecule has 2 heterocycles. The first-order valence-electron chi connectivity index (χ1n) is 7.83. The van der Waals surface area contributed by atoms with Crippen LogP contribution in [0.2, 0.25) is 0 Å². The number of esters is 1. The van der Waals surface area contributed by atoms with Crippen molar-refractivity contribution in [3.8, 4) is 0 Å². The molecule has 0 aliphatic carbocycles. The highest BCUT2D eigenvalue weighted by molar-refractivity contribution is 5.91. The van der Waals surface area contributed by atoms with E-state index in [1.165, 1.54) is 0 Å². The fraction of sp³-hybridized carbons (Fsp3) is 0.800. The van der Waals surface area contributed by atoms with Gasteiger partial charge in [-0.05, 0) is 33.1 Å². The molecule has 0 aromatic heterocycles. The highest BCUT2D eigenvalue weighted by Crippen LogP contribution is 2.25. The van der Waals surface area contributed by atoms with Crippen molar-refractivity contribution in [2.24, 2.45) is 5.92 Å². The first-order valence-corrected chi connectivity index (χ1v) is 7.83. The van der Waals surface area contributed by atoms with E-state index in [0.717, 1.165) is 12.8 Å². The van der Waals surface area contributed by atoms with E-state index >= 15 is 0 Å². The van der Waals surface area contributed by atoms with Crippen LogP contribution in [0.3, 0.4) is 0 Å². The van der Waals surface area contributed by atoms with Crippen molar-refractivity contribution < 1.29 is 19.1 Å². The molecule has 21 heavy (non-hydrogen) atoms. The molecular formula is C15H24N2O4. The summed E-state index contributed by atoms with van der Waals surface area (Å²) in [5.74, 6) is -0.674. The lowest BCUT2D eigenvalue weighted by Gasteiger charge is -2.35. The zero-order valence-corrected chi connectivity index (χ0v) is 12.8. The van der Waals surface area contributed by atoms with Crippen LogP contribution in [0.4, 0.5) is 0 Å². The van der Waals surface area contributed by atoms with Crippen molar-refractivity contribution in [3.05, 3.63) is 0 Å². The molecule has 2 saturated heterocycles. The predicted octanol–water partition coefficient (Wildman–Crippen LogP) is 0.799. The summed E-state index contributed by atoms with van der Waals surface area (Å²) in [5.41, 5.74) is 0. The third kappa shape index (κ3) is 3.36. The second-order valence-corrected chi connectivity index (χ2v) is 5.63. The molecule has 2 unspecified atom stereocenters. The van der Waals surface area contributed by atoms with Crippen LogP contribution in [0.25, 0.3) is 0 Å². The molecule has 0 aromatic carbocycles. The van der Waals surface area contributed by atoms with Crippen LogP contribution in [0.5, 0.6) is 0 Å². The number of rotatable bonds is 4. The van der Waals surface area contributed by atoms with Crippen molar-refractivity contribution in [2.45, 2.75) is 45.6 Å². The summed E-state index contributed by atoms with van der Waals surface area (Å²) in [6.07, 6.45) is 2.75. The molecule has 0 N–H and O–H groups in total. The van der Waals surface area contributed by atoms with Crippen LogP contribution in [0, 0.1) is 5.92 Å². The predicted molar refractivity (Wildman–Crippen MR) is 76.3 cm³/mol. The van der Waals surface area contributed by atoms with Crippen LogP contribution >= 0.6 is 0 Å². The maximum atomic E-state index is 12.7. The Labute approximate surface area is 125 Å². The standard InChI is InChI=1S/C15H24N2O4/c1-3-16-10-11(9-13(16)18)14(19)17-8-6-5-7-12(17)15(20)21-4-2/h11-12H,3-10H2,1-2H3. The summed E-state index contributed by atoms with van der Waals surface area (Å²) in [4.78, 5) is 39.8. The maximum absolute atomic E-state index is 12.7. The molecule has 118 valence electrons. The van der Waals surface area contributed by atoms with E-state index < -0.39 is 6.04 Å². The highest BCUT2D eigenvalue weighted by atomic mass is 16.5. The number of nitrogens with zero attached hydrogens (tertiary/aromatic N) is 2. The summed E-state index contributed by atoms with van der Waals surface area (Å²) in [6, 6.07) is -0.475. The molecule has 2 amide bonds. The molecule has 2 fully saturated rings. The van der Waals surface area contributed by atoms with Gasteiger partial charge >= 0.3 is 5.97 Å². The average Bonchev–Trinajstić information content (AvgIpc) is 2.88. The Morgan fingerprint density at radius 1 is 1.29 bits per heavy atom. The molecule has 0 radical (unpaired) electrons. The third-order valence-electron chi connectivity index (χ3n) is 4.29. The van der Waals surface area contributed by atoms with E-state index in [9.17, 15) is 14.4 Å². The van der Waals surface area contributed by atoms with Gasteiger partial charge in [0.25, 0.3) is 0 Å². The Morgan fingerprint density at radius 3 is 2.67 bits per heavy atom. The van der Waals surface area contributed by atoms with E-state index in [0.29, 0.717) is 32.7 Å². The summed E-state index contributed by atoms with van der Waals surface area (Å²) in [5, 5.41) is 0. The molecule has 2 atom stereocenters. The second-order valence-electron chi connectivity index (χ2n) is 5.63. The van der Waals surface area contributed by atoms with Crippen molar-refractivity contribution in [1.82, 2.24) is 9.80 Å². The van der Waals surface area contributed by atoms with Gasteiger partial charge in [0, 0.05) is 26.1 Å². The minimum Gasteiger partial charge on any atom is -0.464 e. The minimum atomic E-state index is -0.475. The van der Waals surface area contributed by atoms with Crippen LogP contribution in [-0.2, 0) is 19.1 Å². The molecule has 2 rings (SSSR count). The van der Waals surface area contributed by atoms with Gasteiger partial charge in [-0.1, -0.05) is 0 Å². The lowest BCUT2D eigenvalue weighted by Crippen LogP contribution is -2.51. The van der Waals surface area contributed by atoms with Crippen molar-refractivity contribution in [1.29, 1.82) is 0 Å². The van der Waals surface area contributed by atoms with Crippen LogP contribution < -0.4 is 0 Å². The van der Waals surface area contributed by atoms with Gasteiger partial charge in [-0.15, -0.1) is 0 Å². The van der Waals surface area contributed by atoms with Gasteiger partial charge in [-0.3, -0.25) is 9.59 Å². The first-order chi connectivity index (χ1) is 10.1. The van der Waals surface area contributed by atoms with Gasteiger partial charge in [0.05, 0.1) is 12.5 Å². The van der Waals surface area contributed by atoms with E-state index in [1.54, 1.807) is 16.7 Å². The SMILES string of the molecule is CCOC(=O)C1CCCCN1C(=O)C1CC(=O)N(CC)C1.